The van der Waals surface area contributed by atoms with Gasteiger partial charge in [-0.3, -0.25) is 0 Å². The Morgan fingerprint density at radius 1 is 1.28 bits per heavy atom. The zero-order valence-electron chi connectivity index (χ0n) is 10.8. The molecule has 0 aliphatic carbocycles. The van der Waals surface area contributed by atoms with Crippen molar-refractivity contribution < 1.29 is 4.74 Å². The average Bonchev–Trinajstić information content (AvgIpc) is 2.67. The molecule has 3 rings (SSSR count). The van der Waals surface area contributed by atoms with E-state index in [2.05, 4.69) is 28.7 Å². The van der Waals surface area contributed by atoms with Crippen LogP contribution in [0.2, 0.25) is 5.15 Å². The molecule has 2 aliphatic rings. The van der Waals surface area contributed by atoms with Gasteiger partial charge in [0.25, 0.3) is 0 Å². The molecule has 2 unspecified atom stereocenters. The molecule has 2 aliphatic heterocycles. The van der Waals surface area contributed by atoms with Crippen molar-refractivity contribution in [2.75, 3.05) is 18.0 Å². The number of aromatic nitrogens is 2. The first-order valence-corrected chi connectivity index (χ1v) is 6.94. The Balaban J connectivity index is 1.87. The van der Waals surface area contributed by atoms with Gasteiger partial charge in [0.1, 0.15) is 16.8 Å². The van der Waals surface area contributed by atoms with Gasteiger partial charge in [0.05, 0.1) is 12.2 Å². The molecule has 0 radical (unpaired) electrons. The summed E-state index contributed by atoms with van der Waals surface area (Å²) in [4.78, 5) is 11.2. The molecule has 2 bridgehead atoms. The topological polar surface area (TPSA) is 38.2 Å². The maximum absolute atomic E-state index is 6.09. The fraction of sp³-hybridized carbons (Fsp3) is 0.692. The van der Waals surface area contributed by atoms with Crippen molar-refractivity contribution in [3.63, 3.8) is 0 Å². The first-order chi connectivity index (χ1) is 8.61. The van der Waals surface area contributed by atoms with E-state index in [9.17, 15) is 0 Å². The van der Waals surface area contributed by atoms with Crippen molar-refractivity contribution in [3.05, 3.63) is 17.0 Å². The molecule has 0 N–H and O–H groups in total. The predicted molar refractivity (Wildman–Crippen MR) is 71.2 cm³/mol. The van der Waals surface area contributed by atoms with Crippen LogP contribution in [0.1, 0.15) is 38.4 Å². The van der Waals surface area contributed by atoms with Gasteiger partial charge in [0.2, 0.25) is 0 Å². The lowest BCUT2D eigenvalue weighted by molar-refractivity contribution is 0.0302. The lowest BCUT2D eigenvalue weighted by atomic mass is 10.2. The van der Waals surface area contributed by atoms with Crippen molar-refractivity contribution in [2.45, 2.75) is 44.8 Å². The highest BCUT2D eigenvalue weighted by Crippen LogP contribution is 2.30. The van der Waals surface area contributed by atoms with Crippen LogP contribution in [-0.2, 0) is 4.74 Å². The first kappa shape index (κ1) is 12.2. The third kappa shape index (κ3) is 2.31. The minimum absolute atomic E-state index is 0.292. The van der Waals surface area contributed by atoms with Gasteiger partial charge in [-0.1, -0.05) is 25.4 Å². The van der Waals surface area contributed by atoms with E-state index in [1.54, 1.807) is 0 Å². The fourth-order valence-corrected chi connectivity index (χ4v) is 2.83. The molecule has 18 heavy (non-hydrogen) atoms. The van der Waals surface area contributed by atoms with Crippen LogP contribution in [-0.4, -0.2) is 35.3 Å². The number of hydrogen-bond donors (Lipinski definition) is 0. The summed E-state index contributed by atoms with van der Waals surface area (Å²) < 4.78 is 5.84. The molecule has 0 amide bonds. The van der Waals surface area contributed by atoms with Crippen LogP contribution in [0.5, 0.6) is 0 Å². The zero-order chi connectivity index (χ0) is 12.7. The number of hydrogen-bond acceptors (Lipinski definition) is 4. The molecule has 4 nitrogen and oxygen atoms in total. The van der Waals surface area contributed by atoms with E-state index in [4.69, 9.17) is 16.3 Å². The second-order valence-corrected chi connectivity index (χ2v) is 5.81. The van der Waals surface area contributed by atoms with E-state index < -0.39 is 0 Å². The summed E-state index contributed by atoms with van der Waals surface area (Å²) in [5, 5.41) is 0.530. The normalized spacial score (nSPS) is 27.0. The van der Waals surface area contributed by atoms with Gasteiger partial charge in [-0.25, -0.2) is 9.97 Å². The lowest BCUT2D eigenvalue weighted by Gasteiger charge is -2.33. The molecule has 5 heteroatoms. The van der Waals surface area contributed by atoms with Crippen LogP contribution in [0.4, 0.5) is 5.82 Å². The molecule has 3 heterocycles. The Kier molecular flexibility index (Phi) is 3.16. The molecular formula is C13H18ClN3O. The van der Waals surface area contributed by atoms with E-state index in [0.717, 1.165) is 37.6 Å². The summed E-state index contributed by atoms with van der Waals surface area (Å²) in [5.74, 6) is 2.05. The van der Waals surface area contributed by atoms with Gasteiger partial charge < -0.3 is 9.64 Å². The van der Waals surface area contributed by atoms with Crippen LogP contribution in [0.25, 0.3) is 0 Å². The zero-order valence-corrected chi connectivity index (χ0v) is 11.5. The van der Waals surface area contributed by atoms with Gasteiger partial charge >= 0.3 is 0 Å². The molecule has 2 saturated heterocycles. The summed E-state index contributed by atoms with van der Waals surface area (Å²) in [5.41, 5.74) is 0. The van der Waals surface area contributed by atoms with E-state index in [-0.39, 0.29) is 0 Å². The molecule has 0 saturated carbocycles. The van der Waals surface area contributed by atoms with Gasteiger partial charge in [0, 0.05) is 25.1 Å². The lowest BCUT2D eigenvalue weighted by Crippen LogP contribution is -2.43. The predicted octanol–water partition coefficient (Wildman–Crippen LogP) is 2.62. The summed E-state index contributed by atoms with van der Waals surface area (Å²) in [6.45, 7) is 6.00. The Bertz CT molecular complexity index is 440. The highest BCUT2D eigenvalue weighted by atomic mass is 35.5. The molecule has 0 aromatic carbocycles. The monoisotopic (exact) mass is 267 g/mol. The fourth-order valence-electron chi connectivity index (χ4n) is 2.64. The summed E-state index contributed by atoms with van der Waals surface area (Å²) >= 11 is 6.09. The third-order valence-electron chi connectivity index (χ3n) is 3.58. The van der Waals surface area contributed by atoms with Crippen LogP contribution in [0.3, 0.4) is 0 Å². The first-order valence-electron chi connectivity index (χ1n) is 6.56. The van der Waals surface area contributed by atoms with Crippen LogP contribution >= 0.6 is 11.6 Å². The number of morpholine rings is 1. The maximum Gasteiger partial charge on any atom is 0.135 e. The highest BCUT2D eigenvalue weighted by molar-refractivity contribution is 6.29. The number of halogens is 1. The average molecular weight is 268 g/mol. The highest BCUT2D eigenvalue weighted by Gasteiger charge is 2.34. The molecule has 1 aromatic rings. The second kappa shape index (κ2) is 4.67. The molecule has 2 fully saturated rings. The molecule has 1 aromatic heterocycles. The Morgan fingerprint density at radius 3 is 2.56 bits per heavy atom. The summed E-state index contributed by atoms with van der Waals surface area (Å²) in [7, 11) is 0. The van der Waals surface area contributed by atoms with Crippen molar-refractivity contribution in [3.8, 4) is 0 Å². The van der Waals surface area contributed by atoms with Crippen LogP contribution in [0, 0.1) is 0 Å². The van der Waals surface area contributed by atoms with E-state index >= 15 is 0 Å². The van der Waals surface area contributed by atoms with Crippen molar-refractivity contribution in [1.29, 1.82) is 0 Å². The largest absolute Gasteiger partial charge is 0.371 e. The van der Waals surface area contributed by atoms with E-state index in [1.165, 1.54) is 0 Å². The van der Waals surface area contributed by atoms with Crippen molar-refractivity contribution >= 4 is 17.4 Å². The number of rotatable bonds is 2. The Morgan fingerprint density at radius 2 is 1.94 bits per heavy atom. The quantitative estimate of drug-likeness (QED) is 0.772. The Hall–Kier alpha value is -0.870. The minimum atomic E-state index is 0.292. The number of nitrogens with zero attached hydrogens (tertiary/aromatic N) is 3. The van der Waals surface area contributed by atoms with E-state index in [1.807, 2.05) is 6.07 Å². The Labute approximate surface area is 112 Å². The molecule has 0 spiro atoms. The summed E-state index contributed by atoms with van der Waals surface area (Å²) in [6.07, 6.45) is 3.05. The minimum Gasteiger partial charge on any atom is -0.371 e. The van der Waals surface area contributed by atoms with Gasteiger partial charge in [-0.2, -0.15) is 0 Å². The second-order valence-electron chi connectivity index (χ2n) is 5.42. The van der Waals surface area contributed by atoms with Gasteiger partial charge in [-0.05, 0) is 12.8 Å². The van der Waals surface area contributed by atoms with Crippen LogP contribution < -0.4 is 4.90 Å². The van der Waals surface area contributed by atoms with Gasteiger partial charge in [-0.15, -0.1) is 0 Å². The number of anilines is 1. The number of ether oxygens (including phenoxy) is 1. The maximum atomic E-state index is 6.09. The molecule has 98 valence electrons. The van der Waals surface area contributed by atoms with Crippen LogP contribution in [0.15, 0.2) is 6.07 Å². The summed E-state index contributed by atoms with van der Waals surface area (Å²) in [6, 6.07) is 1.86. The molecular weight excluding hydrogens is 250 g/mol. The van der Waals surface area contributed by atoms with Crippen molar-refractivity contribution in [2.24, 2.45) is 0 Å². The van der Waals surface area contributed by atoms with Gasteiger partial charge in [0.15, 0.2) is 0 Å². The standard InChI is InChI=1S/C13H18ClN3O/c1-8(2)13-15-11(14)5-12(16-13)17-6-9-3-4-10(7-17)18-9/h5,8-10H,3-4,6-7H2,1-2H3. The third-order valence-corrected chi connectivity index (χ3v) is 3.78. The molecule has 2 atom stereocenters. The van der Waals surface area contributed by atoms with E-state index in [0.29, 0.717) is 23.3 Å². The number of fused-ring (bicyclic) bond motifs is 2. The smallest absolute Gasteiger partial charge is 0.135 e. The van der Waals surface area contributed by atoms with Crippen molar-refractivity contribution in [1.82, 2.24) is 9.97 Å². The SMILES string of the molecule is CC(C)c1nc(Cl)cc(N2CC3CCC(C2)O3)n1.